The van der Waals surface area contributed by atoms with Crippen molar-refractivity contribution in [2.75, 3.05) is 24.5 Å². The molecule has 2 aromatic rings. The SMILES string of the molecule is CC(CN1C(=O)c2ccccc2S1(=O)=O)c1cccc(N2CCC(C(N)=O)CC2)c1. The van der Waals surface area contributed by atoms with Gasteiger partial charge in [0.2, 0.25) is 5.91 Å². The van der Waals surface area contributed by atoms with Crippen LogP contribution in [0.3, 0.4) is 0 Å². The average molecular weight is 428 g/mol. The first kappa shape index (κ1) is 20.4. The van der Waals surface area contributed by atoms with Crippen LogP contribution < -0.4 is 10.6 Å². The van der Waals surface area contributed by atoms with Gasteiger partial charge < -0.3 is 10.6 Å². The smallest absolute Gasteiger partial charge is 0.269 e. The van der Waals surface area contributed by atoms with Gasteiger partial charge in [0.25, 0.3) is 15.9 Å². The number of carbonyl (C=O) groups excluding carboxylic acids is 2. The van der Waals surface area contributed by atoms with E-state index in [1.807, 2.05) is 31.2 Å². The van der Waals surface area contributed by atoms with Gasteiger partial charge in [-0.15, -0.1) is 0 Å². The highest BCUT2D eigenvalue weighted by molar-refractivity contribution is 7.90. The van der Waals surface area contributed by atoms with Gasteiger partial charge in [-0.1, -0.05) is 31.2 Å². The number of fused-ring (bicyclic) bond motifs is 1. The average Bonchev–Trinajstić information content (AvgIpc) is 2.95. The number of benzene rings is 2. The standard InChI is InChI=1S/C22H25N3O4S/c1-15(14-25-22(27)19-7-2-3-8-20(19)30(25,28)29)17-5-4-6-18(13-17)24-11-9-16(10-12-24)21(23)26/h2-8,13,15-16H,9-12,14H2,1H3,(H2,23,26). The normalized spacial score (nSPS) is 19.6. The molecule has 30 heavy (non-hydrogen) atoms. The molecule has 2 aliphatic rings. The molecular formula is C22H25N3O4S. The zero-order chi connectivity index (χ0) is 21.5. The van der Waals surface area contributed by atoms with E-state index in [0.717, 1.165) is 41.5 Å². The number of amides is 2. The fourth-order valence-electron chi connectivity index (χ4n) is 4.22. The monoisotopic (exact) mass is 427 g/mol. The molecule has 0 saturated carbocycles. The molecule has 1 unspecified atom stereocenters. The molecule has 158 valence electrons. The van der Waals surface area contributed by atoms with Crippen LogP contribution in [0.5, 0.6) is 0 Å². The molecule has 0 spiro atoms. The number of sulfonamides is 1. The van der Waals surface area contributed by atoms with Crippen LogP contribution in [0, 0.1) is 5.92 Å². The van der Waals surface area contributed by atoms with E-state index in [9.17, 15) is 18.0 Å². The molecule has 1 saturated heterocycles. The van der Waals surface area contributed by atoms with E-state index < -0.39 is 15.9 Å². The number of anilines is 1. The third-order valence-electron chi connectivity index (χ3n) is 6.05. The summed E-state index contributed by atoms with van der Waals surface area (Å²) in [5.41, 5.74) is 7.64. The van der Waals surface area contributed by atoms with Crippen molar-refractivity contribution in [3.63, 3.8) is 0 Å². The summed E-state index contributed by atoms with van der Waals surface area (Å²) in [6, 6.07) is 14.3. The molecule has 0 bridgehead atoms. The molecule has 0 aromatic heterocycles. The number of piperidine rings is 1. The Morgan fingerprint density at radius 1 is 1.13 bits per heavy atom. The zero-order valence-corrected chi connectivity index (χ0v) is 17.6. The van der Waals surface area contributed by atoms with Crippen LogP contribution in [-0.4, -0.2) is 44.2 Å². The first-order valence-corrected chi connectivity index (χ1v) is 11.5. The minimum Gasteiger partial charge on any atom is -0.371 e. The molecule has 2 N–H and O–H groups in total. The summed E-state index contributed by atoms with van der Waals surface area (Å²) < 4.78 is 26.6. The summed E-state index contributed by atoms with van der Waals surface area (Å²) >= 11 is 0. The first-order chi connectivity index (χ1) is 14.3. The number of rotatable bonds is 5. The van der Waals surface area contributed by atoms with Crippen LogP contribution in [0.2, 0.25) is 0 Å². The summed E-state index contributed by atoms with van der Waals surface area (Å²) in [5.74, 6) is -0.950. The maximum absolute atomic E-state index is 12.8. The Kier molecular flexibility index (Phi) is 5.27. The quantitative estimate of drug-likeness (QED) is 0.789. The Morgan fingerprint density at radius 3 is 2.50 bits per heavy atom. The molecule has 1 fully saturated rings. The fraction of sp³-hybridized carbons (Fsp3) is 0.364. The van der Waals surface area contributed by atoms with Crippen LogP contribution in [0.4, 0.5) is 5.69 Å². The molecule has 4 rings (SSSR count). The maximum atomic E-state index is 12.8. The number of nitrogens with zero attached hydrogens (tertiary/aromatic N) is 2. The van der Waals surface area contributed by atoms with Gasteiger partial charge in [-0.2, -0.15) is 0 Å². The van der Waals surface area contributed by atoms with E-state index >= 15 is 0 Å². The van der Waals surface area contributed by atoms with Gasteiger partial charge in [0, 0.05) is 31.2 Å². The van der Waals surface area contributed by atoms with Gasteiger partial charge >= 0.3 is 0 Å². The van der Waals surface area contributed by atoms with Crippen LogP contribution in [0.15, 0.2) is 53.4 Å². The van der Waals surface area contributed by atoms with E-state index in [-0.39, 0.29) is 34.7 Å². The molecular weight excluding hydrogens is 402 g/mol. The van der Waals surface area contributed by atoms with Crippen molar-refractivity contribution >= 4 is 27.5 Å². The van der Waals surface area contributed by atoms with Crippen LogP contribution >= 0.6 is 0 Å². The topological polar surface area (TPSA) is 101 Å². The number of hydrogen-bond donors (Lipinski definition) is 1. The Balaban J connectivity index is 1.50. The molecule has 7 nitrogen and oxygen atoms in total. The highest BCUT2D eigenvalue weighted by atomic mass is 32.2. The van der Waals surface area contributed by atoms with Crippen molar-refractivity contribution < 1.29 is 18.0 Å². The van der Waals surface area contributed by atoms with Crippen LogP contribution in [0.1, 0.15) is 41.6 Å². The summed E-state index contributed by atoms with van der Waals surface area (Å²) in [6.45, 7) is 3.51. The van der Waals surface area contributed by atoms with Gasteiger partial charge in [0.05, 0.1) is 5.56 Å². The van der Waals surface area contributed by atoms with Crippen molar-refractivity contribution in [3.05, 3.63) is 59.7 Å². The molecule has 2 aromatic carbocycles. The number of hydrogen-bond acceptors (Lipinski definition) is 5. The van der Waals surface area contributed by atoms with E-state index in [1.165, 1.54) is 6.07 Å². The lowest BCUT2D eigenvalue weighted by Gasteiger charge is -2.33. The number of primary amides is 1. The lowest BCUT2D eigenvalue weighted by Crippen LogP contribution is -2.38. The number of nitrogens with two attached hydrogens (primary N) is 1. The van der Waals surface area contributed by atoms with Crippen LogP contribution in [0.25, 0.3) is 0 Å². The minimum atomic E-state index is -3.81. The van der Waals surface area contributed by atoms with E-state index in [0.29, 0.717) is 0 Å². The van der Waals surface area contributed by atoms with Gasteiger partial charge in [0.1, 0.15) is 4.90 Å². The highest BCUT2D eigenvalue weighted by Gasteiger charge is 2.41. The summed E-state index contributed by atoms with van der Waals surface area (Å²) in [7, 11) is -3.81. The molecule has 0 radical (unpaired) electrons. The lowest BCUT2D eigenvalue weighted by molar-refractivity contribution is -0.122. The van der Waals surface area contributed by atoms with Crippen molar-refractivity contribution in [3.8, 4) is 0 Å². The largest absolute Gasteiger partial charge is 0.371 e. The Morgan fingerprint density at radius 2 is 1.83 bits per heavy atom. The lowest BCUT2D eigenvalue weighted by atomic mass is 9.95. The predicted molar refractivity (Wildman–Crippen MR) is 114 cm³/mol. The fourth-order valence-corrected chi connectivity index (χ4v) is 5.87. The minimum absolute atomic E-state index is 0.0728. The third-order valence-corrected chi connectivity index (χ3v) is 7.86. The Labute approximate surface area is 176 Å². The van der Waals surface area contributed by atoms with Crippen molar-refractivity contribution in [2.45, 2.75) is 30.6 Å². The third kappa shape index (κ3) is 3.56. The van der Waals surface area contributed by atoms with Crippen molar-refractivity contribution in [2.24, 2.45) is 11.7 Å². The van der Waals surface area contributed by atoms with Crippen LogP contribution in [-0.2, 0) is 14.8 Å². The molecule has 2 aliphatic heterocycles. The van der Waals surface area contributed by atoms with Gasteiger partial charge in [-0.3, -0.25) is 9.59 Å². The summed E-state index contributed by atoms with van der Waals surface area (Å²) in [6.07, 6.45) is 1.46. The second-order valence-corrected chi connectivity index (χ2v) is 9.83. The molecule has 8 heteroatoms. The molecule has 2 heterocycles. The number of carbonyl (C=O) groups is 2. The van der Waals surface area contributed by atoms with Gasteiger partial charge in [-0.25, -0.2) is 12.7 Å². The zero-order valence-electron chi connectivity index (χ0n) is 16.8. The second-order valence-electron chi connectivity index (χ2n) is 8.00. The molecule has 1 atom stereocenters. The van der Waals surface area contributed by atoms with Gasteiger partial charge in [-0.05, 0) is 48.6 Å². The van der Waals surface area contributed by atoms with Crippen molar-refractivity contribution in [1.82, 2.24) is 4.31 Å². The molecule has 0 aliphatic carbocycles. The molecule has 2 amide bonds. The first-order valence-electron chi connectivity index (χ1n) is 10.1. The van der Waals surface area contributed by atoms with Crippen molar-refractivity contribution in [1.29, 1.82) is 0 Å². The van der Waals surface area contributed by atoms with E-state index in [1.54, 1.807) is 18.2 Å². The highest BCUT2D eigenvalue weighted by Crippen LogP contribution is 2.33. The second kappa shape index (κ2) is 7.75. The van der Waals surface area contributed by atoms with Gasteiger partial charge in [0.15, 0.2) is 0 Å². The van der Waals surface area contributed by atoms with E-state index in [2.05, 4.69) is 4.90 Å². The summed E-state index contributed by atoms with van der Waals surface area (Å²) in [5, 5.41) is 0. The Bertz CT molecular complexity index is 1090. The predicted octanol–water partition coefficient (Wildman–Crippen LogP) is 2.34. The summed E-state index contributed by atoms with van der Waals surface area (Å²) in [4.78, 5) is 26.4. The maximum Gasteiger partial charge on any atom is 0.269 e. The van der Waals surface area contributed by atoms with E-state index in [4.69, 9.17) is 5.73 Å². The Hall–Kier alpha value is -2.87.